The van der Waals surface area contributed by atoms with Gasteiger partial charge in [0.2, 0.25) is 0 Å². The van der Waals surface area contributed by atoms with Gasteiger partial charge in [0, 0.05) is 25.2 Å². The Hall–Kier alpha value is -1.42. The lowest BCUT2D eigenvalue weighted by Crippen LogP contribution is -2.56. The second kappa shape index (κ2) is 5.48. The predicted octanol–water partition coefficient (Wildman–Crippen LogP) is 3.00. The zero-order valence-electron chi connectivity index (χ0n) is 11.3. The predicted molar refractivity (Wildman–Crippen MR) is 75.4 cm³/mol. The molecule has 4 nitrogen and oxygen atoms in total. The van der Waals surface area contributed by atoms with E-state index in [0.29, 0.717) is 17.8 Å². The van der Waals surface area contributed by atoms with Crippen molar-refractivity contribution in [2.24, 2.45) is 5.18 Å². The number of piperazine rings is 1. The summed E-state index contributed by atoms with van der Waals surface area (Å²) in [4.78, 5) is 15.7. The maximum absolute atomic E-state index is 10.9. The summed E-state index contributed by atoms with van der Waals surface area (Å²) in [6.07, 6.45) is 0. The van der Waals surface area contributed by atoms with E-state index in [-0.39, 0.29) is 0 Å². The average molecular weight is 247 g/mol. The van der Waals surface area contributed by atoms with Crippen LogP contribution in [-0.4, -0.2) is 36.6 Å². The highest BCUT2D eigenvalue weighted by Gasteiger charge is 2.29. The van der Waals surface area contributed by atoms with Crippen LogP contribution in [0.3, 0.4) is 0 Å². The zero-order chi connectivity index (χ0) is 13.1. The minimum Gasteiger partial charge on any atom is -0.364 e. The standard InChI is InChI=1S/C14H21N3O/c1-4-16-9-12(3)17(10-11(16)2)14-8-6-5-7-13(14)15-18/h5-8,11-12H,4,9-10H2,1-3H3/t11-,12+/m1/s1. The van der Waals surface area contributed by atoms with Gasteiger partial charge >= 0.3 is 0 Å². The summed E-state index contributed by atoms with van der Waals surface area (Å²) in [5.74, 6) is 0. The Morgan fingerprint density at radius 3 is 2.61 bits per heavy atom. The van der Waals surface area contributed by atoms with Crippen molar-refractivity contribution in [1.29, 1.82) is 0 Å². The van der Waals surface area contributed by atoms with Crippen molar-refractivity contribution < 1.29 is 0 Å². The minimum atomic E-state index is 0.407. The Morgan fingerprint density at radius 2 is 1.94 bits per heavy atom. The van der Waals surface area contributed by atoms with Crippen LogP contribution in [0.4, 0.5) is 11.4 Å². The van der Waals surface area contributed by atoms with Crippen LogP contribution in [0, 0.1) is 4.91 Å². The SMILES string of the molecule is CCN1C[C@H](C)N(c2ccccc2N=O)C[C@H]1C. The summed E-state index contributed by atoms with van der Waals surface area (Å²) in [5.41, 5.74) is 1.50. The van der Waals surface area contributed by atoms with Gasteiger partial charge < -0.3 is 4.90 Å². The van der Waals surface area contributed by atoms with Crippen LogP contribution < -0.4 is 4.90 Å². The molecule has 2 rings (SSSR count). The van der Waals surface area contributed by atoms with Crippen LogP contribution in [-0.2, 0) is 0 Å². The van der Waals surface area contributed by atoms with E-state index < -0.39 is 0 Å². The van der Waals surface area contributed by atoms with Gasteiger partial charge in [-0.2, -0.15) is 0 Å². The summed E-state index contributed by atoms with van der Waals surface area (Å²) in [6.45, 7) is 9.69. The van der Waals surface area contributed by atoms with Crippen molar-refractivity contribution in [2.45, 2.75) is 32.9 Å². The fourth-order valence-electron chi connectivity index (χ4n) is 2.76. The molecule has 1 aliphatic heterocycles. The quantitative estimate of drug-likeness (QED) is 0.770. The number of hydrogen-bond donors (Lipinski definition) is 0. The number of anilines is 1. The molecule has 0 aromatic heterocycles. The molecule has 1 aromatic rings. The molecule has 1 fully saturated rings. The molecule has 4 heteroatoms. The third-order valence-electron chi connectivity index (χ3n) is 3.81. The van der Waals surface area contributed by atoms with E-state index in [0.717, 1.165) is 25.3 Å². The maximum atomic E-state index is 10.9. The number of rotatable bonds is 3. The summed E-state index contributed by atoms with van der Waals surface area (Å²) >= 11 is 0. The van der Waals surface area contributed by atoms with E-state index in [1.807, 2.05) is 18.2 Å². The Balaban J connectivity index is 2.25. The molecule has 0 bridgehead atoms. The van der Waals surface area contributed by atoms with Gasteiger partial charge in [0.1, 0.15) is 5.69 Å². The van der Waals surface area contributed by atoms with E-state index in [4.69, 9.17) is 0 Å². The topological polar surface area (TPSA) is 35.9 Å². The van der Waals surface area contributed by atoms with Crippen molar-refractivity contribution in [3.05, 3.63) is 29.2 Å². The molecule has 0 saturated carbocycles. The summed E-state index contributed by atoms with van der Waals surface area (Å²) < 4.78 is 0. The van der Waals surface area contributed by atoms with Crippen molar-refractivity contribution >= 4 is 11.4 Å². The molecule has 1 saturated heterocycles. The van der Waals surface area contributed by atoms with Gasteiger partial charge in [-0.1, -0.05) is 19.1 Å². The first-order valence-electron chi connectivity index (χ1n) is 6.60. The highest BCUT2D eigenvalue weighted by Crippen LogP contribution is 2.31. The van der Waals surface area contributed by atoms with Crippen LogP contribution in [0.2, 0.25) is 0 Å². The van der Waals surface area contributed by atoms with Gasteiger partial charge in [-0.25, -0.2) is 0 Å². The average Bonchev–Trinajstić information content (AvgIpc) is 2.41. The van der Waals surface area contributed by atoms with Gasteiger partial charge in [-0.3, -0.25) is 4.90 Å². The summed E-state index contributed by atoms with van der Waals surface area (Å²) in [5, 5.41) is 3.14. The van der Waals surface area contributed by atoms with Gasteiger partial charge in [0.25, 0.3) is 0 Å². The second-order valence-corrected chi connectivity index (χ2v) is 5.02. The lowest BCUT2D eigenvalue weighted by Gasteiger charge is -2.45. The van der Waals surface area contributed by atoms with Crippen LogP contribution >= 0.6 is 0 Å². The van der Waals surface area contributed by atoms with Gasteiger partial charge in [-0.05, 0) is 37.7 Å². The van der Waals surface area contributed by atoms with Crippen molar-refractivity contribution in [3.63, 3.8) is 0 Å². The third kappa shape index (κ3) is 2.38. The first kappa shape index (κ1) is 13.0. The maximum Gasteiger partial charge on any atom is 0.131 e. The lowest BCUT2D eigenvalue weighted by molar-refractivity contribution is 0.175. The first-order valence-corrected chi connectivity index (χ1v) is 6.60. The number of para-hydroxylation sites is 1. The van der Waals surface area contributed by atoms with Crippen LogP contribution in [0.15, 0.2) is 29.4 Å². The van der Waals surface area contributed by atoms with E-state index in [2.05, 4.69) is 35.7 Å². The highest BCUT2D eigenvalue weighted by atomic mass is 16.3. The molecule has 0 radical (unpaired) electrons. The van der Waals surface area contributed by atoms with E-state index in [1.54, 1.807) is 6.07 Å². The first-order chi connectivity index (χ1) is 8.67. The summed E-state index contributed by atoms with van der Waals surface area (Å²) in [7, 11) is 0. The molecular formula is C14H21N3O. The fourth-order valence-corrected chi connectivity index (χ4v) is 2.76. The number of likely N-dealkylation sites (N-methyl/N-ethyl adjacent to an activating group) is 1. The Kier molecular flexibility index (Phi) is 3.97. The monoisotopic (exact) mass is 247 g/mol. The van der Waals surface area contributed by atoms with Crippen molar-refractivity contribution in [3.8, 4) is 0 Å². The molecule has 0 spiro atoms. The molecule has 1 aliphatic rings. The molecular weight excluding hydrogens is 226 g/mol. The molecule has 0 aliphatic carbocycles. The molecule has 18 heavy (non-hydrogen) atoms. The van der Waals surface area contributed by atoms with Crippen LogP contribution in [0.25, 0.3) is 0 Å². The Morgan fingerprint density at radius 1 is 1.22 bits per heavy atom. The normalized spacial score (nSPS) is 25.2. The smallest absolute Gasteiger partial charge is 0.131 e. The fraction of sp³-hybridized carbons (Fsp3) is 0.571. The van der Waals surface area contributed by atoms with Crippen molar-refractivity contribution in [2.75, 3.05) is 24.5 Å². The number of nitrogens with zero attached hydrogens (tertiary/aromatic N) is 3. The molecule has 1 heterocycles. The Labute approximate surface area is 109 Å². The Bertz CT molecular complexity index is 421. The lowest BCUT2D eigenvalue weighted by atomic mass is 10.1. The number of nitroso groups, excluding NO2 is 1. The second-order valence-electron chi connectivity index (χ2n) is 5.02. The molecule has 1 aromatic carbocycles. The molecule has 0 amide bonds. The van der Waals surface area contributed by atoms with E-state index in [1.165, 1.54) is 0 Å². The van der Waals surface area contributed by atoms with Crippen LogP contribution in [0.1, 0.15) is 20.8 Å². The molecule has 2 atom stereocenters. The number of benzene rings is 1. The third-order valence-corrected chi connectivity index (χ3v) is 3.81. The highest BCUT2D eigenvalue weighted by molar-refractivity contribution is 5.67. The van der Waals surface area contributed by atoms with Gasteiger partial charge in [0.05, 0.1) is 5.69 Å². The minimum absolute atomic E-state index is 0.407. The van der Waals surface area contributed by atoms with E-state index in [9.17, 15) is 4.91 Å². The molecule has 0 N–H and O–H groups in total. The van der Waals surface area contributed by atoms with Crippen LogP contribution in [0.5, 0.6) is 0 Å². The molecule has 98 valence electrons. The zero-order valence-corrected chi connectivity index (χ0v) is 11.3. The number of hydrogen-bond acceptors (Lipinski definition) is 4. The summed E-state index contributed by atoms with van der Waals surface area (Å²) in [6, 6.07) is 8.51. The van der Waals surface area contributed by atoms with Gasteiger partial charge in [-0.15, -0.1) is 4.91 Å². The van der Waals surface area contributed by atoms with Crippen molar-refractivity contribution in [1.82, 2.24) is 4.90 Å². The molecule has 0 unspecified atom stereocenters. The van der Waals surface area contributed by atoms with Gasteiger partial charge in [0.15, 0.2) is 0 Å². The largest absolute Gasteiger partial charge is 0.364 e. The van der Waals surface area contributed by atoms with E-state index >= 15 is 0 Å².